The fourth-order valence-corrected chi connectivity index (χ4v) is 4.40. The van der Waals surface area contributed by atoms with Crippen LogP contribution >= 0.6 is 0 Å². The molecule has 0 unspecified atom stereocenters. The van der Waals surface area contributed by atoms with Crippen LogP contribution in [0.1, 0.15) is 28.7 Å². The first-order valence-electron chi connectivity index (χ1n) is 12.0. The number of benzene rings is 3. The van der Waals surface area contributed by atoms with Gasteiger partial charge in [0.25, 0.3) is 0 Å². The standard InChI is InChI=1S/C27H30N2O10S/c1-40(36,37)29-23-12-19(6-11-24(23)30)25(31)14-28-13-22(17-2-7-20(8-3-17)38-15-26(32)33)18-4-9-21(10-5-18)39-16-27(34)35/h2-12,22,25,28-31H,13-16H2,1H3,(H,32,33)(H,34,35)/t25-/m0/s1. The van der Waals surface area contributed by atoms with Crippen molar-refractivity contribution in [3.63, 3.8) is 0 Å². The van der Waals surface area contributed by atoms with Gasteiger partial charge in [-0.15, -0.1) is 0 Å². The largest absolute Gasteiger partial charge is 0.506 e. The van der Waals surface area contributed by atoms with E-state index in [4.69, 9.17) is 19.7 Å². The number of rotatable bonds is 15. The number of ether oxygens (including phenoxy) is 2. The molecule has 0 bridgehead atoms. The van der Waals surface area contributed by atoms with E-state index < -0.39 is 41.3 Å². The number of aliphatic hydroxyl groups is 1. The first-order chi connectivity index (χ1) is 18.9. The topological polar surface area (TPSA) is 192 Å². The monoisotopic (exact) mass is 574 g/mol. The van der Waals surface area contributed by atoms with E-state index in [1.54, 1.807) is 48.5 Å². The lowest BCUT2D eigenvalue weighted by Gasteiger charge is -2.21. The Balaban J connectivity index is 1.75. The van der Waals surface area contributed by atoms with Crippen molar-refractivity contribution >= 4 is 27.6 Å². The van der Waals surface area contributed by atoms with Crippen molar-refractivity contribution < 1.29 is 47.9 Å². The zero-order chi connectivity index (χ0) is 29.3. The molecule has 3 aromatic carbocycles. The molecule has 3 rings (SSSR count). The summed E-state index contributed by atoms with van der Waals surface area (Å²) in [4.78, 5) is 21.6. The number of aliphatic hydroxyl groups excluding tert-OH is 1. The van der Waals surface area contributed by atoms with E-state index in [1.807, 2.05) is 0 Å². The predicted molar refractivity (Wildman–Crippen MR) is 145 cm³/mol. The minimum absolute atomic E-state index is 0.0488. The highest BCUT2D eigenvalue weighted by molar-refractivity contribution is 7.92. The molecule has 0 fully saturated rings. The Hall–Kier alpha value is -4.33. The Morgan fingerprint density at radius 1 is 0.800 bits per heavy atom. The highest BCUT2D eigenvalue weighted by Crippen LogP contribution is 2.29. The summed E-state index contributed by atoms with van der Waals surface area (Å²) in [5.74, 6) is -1.93. The molecule has 0 aliphatic rings. The van der Waals surface area contributed by atoms with E-state index in [9.17, 15) is 28.2 Å². The number of sulfonamides is 1. The summed E-state index contributed by atoms with van der Waals surface area (Å²) in [6.07, 6.45) is -0.0766. The zero-order valence-electron chi connectivity index (χ0n) is 21.5. The maximum absolute atomic E-state index is 11.6. The van der Waals surface area contributed by atoms with Gasteiger partial charge in [-0.1, -0.05) is 30.3 Å². The van der Waals surface area contributed by atoms with Gasteiger partial charge >= 0.3 is 11.9 Å². The lowest BCUT2D eigenvalue weighted by Crippen LogP contribution is -2.27. The molecule has 6 N–H and O–H groups in total. The molecule has 1 atom stereocenters. The summed E-state index contributed by atoms with van der Waals surface area (Å²) in [6, 6.07) is 17.9. The number of carbonyl (C=O) groups is 2. The molecule has 0 amide bonds. The van der Waals surface area contributed by atoms with Crippen LogP contribution in [0.2, 0.25) is 0 Å². The Morgan fingerprint density at radius 2 is 1.27 bits per heavy atom. The number of nitrogens with one attached hydrogen (secondary N) is 2. The lowest BCUT2D eigenvalue weighted by atomic mass is 9.91. The van der Waals surface area contributed by atoms with Gasteiger partial charge in [-0.05, 0) is 53.1 Å². The summed E-state index contributed by atoms with van der Waals surface area (Å²) < 4.78 is 35.7. The lowest BCUT2D eigenvalue weighted by molar-refractivity contribution is -0.140. The minimum atomic E-state index is -3.64. The van der Waals surface area contributed by atoms with Gasteiger partial charge in [0.05, 0.1) is 18.0 Å². The van der Waals surface area contributed by atoms with Crippen molar-refractivity contribution in [1.29, 1.82) is 0 Å². The highest BCUT2D eigenvalue weighted by atomic mass is 32.2. The predicted octanol–water partition coefficient (Wildman–Crippen LogP) is 2.15. The van der Waals surface area contributed by atoms with Gasteiger partial charge in [-0.25, -0.2) is 18.0 Å². The third kappa shape index (κ3) is 9.45. The SMILES string of the molecule is CS(=O)(=O)Nc1cc([C@@H](O)CNCC(c2ccc(OCC(=O)O)cc2)c2ccc(OCC(=O)O)cc2)ccc1O. The van der Waals surface area contributed by atoms with E-state index in [-0.39, 0.29) is 23.9 Å². The number of phenolic OH excluding ortho intramolecular Hbond substituents is 1. The summed E-state index contributed by atoms with van der Waals surface area (Å²) >= 11 is 0. The van der Waals surface area contributed by atoms with E-state index in [1.165, 1.54) is 18.2 Å². The number of aliphatic carboxylic acids is 2. The molecule has 0 aromatic heterocycles. The number of anilines is 1. The van der Waals surface area contributed by atoms with Crippen LogP contribution in [0.25, 0.3) is 0 Å². The second kappa shape index (κ2) is 13.6. The molecule has 0 aliphatic carbocycles. The third-order valence-electron chi connectivity index (χ3n) is 5.68. The average molecular weight is 575 g/mol. The smallest absolute Gasteiger partial charge is 0.341 e. The van der Waals surface area contributed by atoms with Crippen molar-refractivity contribution in [3.05, 3.63) is 83.4 Å². The van der Waals surface area contributed by atoms with Crippen molar-refractivity contribution in [2.24, 2.45) is 0 Å². The summed E-state index contributed by atoms with van der Waals surface area (Å²) in [6.45, 7) is -0.495. The van der Waals surface area contributed by atoms with Gasteiger partial charge < -0.3 is 35.2 Å². The molecule has 0 saturated carbocycles. The molecule has 13 heteroatoms. The summed E-state index contributed by atoms with van der Waals surface area (Å²) in [5, 5.41) is 41.5. The summed E-state index contributed by atoms with van der Waals surface area (Å²) in [7, 11) is -3.64. The Bertz CT molecular complexity index is 1350. The fourth-order valence-electron chi connectivity index (χ4n) is 3.84. The molecular weight excluding hydrogens is 544 g/mol. The first-order valence-corrected chi connectivity index (χ1v) is 13.9. The van der Waals surface area contributed by atoms with Crippen LogP contribution in [0, 0.1) is 0 Å². The summed E-state index contributed by atoms with van der Waals surface area (Å²) in [5.41, 5.74) is 2.04. The van der Waals surface area contributed by atoms with E-state index in [0.717, 1.165) is 17.4 Å². The van der Waals surface area contributed by atoms with Crippen LogP contribution in [0.3, 0.4) is 0 Å². The number of carboxylic acids is 2. The first kappa shape index (κ1) is 30.2. The maximum atomic E-state index is 11.6. The van der Waals surface area contributed by atoms with Crippen LogP contribution < -0.4 is 19.5 Å². The van der Waals surface area contributed by atoms with Crippen molar-refractivity contribution in [1.82, 2.24) is 5.32 Å². The van der Waals surface area contributed by atoms with Gasteiger partial charge in [-0.2, -0.15) is 0 Å². The number of aromatic hydroxyl groups is 1. The molecule has 214 valence electrons. The van der Waals surface area contributed by atoms with Crippen LogP contribution in [-0.2, 0) is 19.6 Å². The van der Waals surface area contributed by atoms with Gasteiger partial charge in [0.15, 0.2) is 13.2 Å². The highest BCUT2D eigenvalue weighted by Gasteiger charge is 2.17. The molecule has 0 radical (unpaired) electrons. The Labute approximate surface area is 230 Å². The molecule has 40 heavy (non-hydrogen) atoms. The number of hydrogen-bond acceptors (Lipinski definition) is 9. The molecule has 3 aromatic rings. The number of hydrogen-bond donors (Lipinski definition) is 6. The quantitative estimate of drug-likeness (QED) is 0.146. The molecular formula is C27H30N2O10S. The minimum Gasteiger partial charge on any atom is -0.506 e. The molecule has 12 nitrogen and oxygen atoms in total. The normalized spacial score (nSPS) is 12.1. The maximum Gasteiger partial charge on any atom is 0.341 e. The number of carboxylic acid groups (broad SMARTS) is 2. The van der Waals surface area contributed by atoms with E-state index in [0.29, 0.717) is 23.6 Å². The van der Waals surface area contributed by atoms with Gasteiger partial charge in [0, 0.05) is 19.0 Å². The van der Waals surface area contributed by atoms with Crippen molar-refractivity contribution in [3.8, 4) is 17.2 Å². The zero-order valence-corrected chi connectivity index (χ0v) is 22.3. The van der Waals surface area contributed by atoms with Crippen LogP contribution in [0.4, 0.5) is 5.69 Å². The van der Waals surface area contributed by atoms with Crippen LogP contribution in [-0.4, -0.2) is 73.3 Å². The average Bonchev–Trinajstić information content (AvgIpc) is 2.90. The van der Waals surface area contributed by atoms with Gasteiger partial charge in [0.1, 0.15) is 17.2 Å². The van der Waals surface area contributed by atoms with Gasteiger partial charge in [-0.3, -0.25) is 4.72 Å². The second-order valence-corrected chi connectivity index (χ2v) is 10.6. The molecule has 0 aliphatic heterocycles. The number of phenols is 1. The third-order valence-corrected chi connectivity index (χ3v) is 6.27. The molecule has 0 saturated heterocycles. The van der Waals surface area contributed by atoms with Gasteiger partial charge in [0.2, 0.25) is 10.0 Å². The van der Waals surface area contributed by atoms with E-state index in [2.05, 4.69) is 10.0 Å². The van der Waals surface area contributed by atoms with Crippen molar-refractivity contribution in [2.45, 2.75) is 12.0 Å². The molecule has 0 heterocycles. The molecule has 0 spiro atoms. The van der Waals surface area contributed by atoms with Crippen LogP contribution in [0.5, 0.6) is 17.2 Å². The van der Waals surface area contributed by atoms with E-state index >= 15 is 0 Å². The second-order valence-electron chi connectivity index (χ2n) is 8.88. The van der Waals surface area contributed by atoms with Crippen molar-refractivity contribution in [2.75, 3.05) is 37.3 Å². The fraction of sp³-hybridized carbons (Fsp3) is 0.259. The Morgan fingerprint density at radius 3 is 1.73 bits per heavy atom. The Kier molecular flexibility index (Phi) is 10.3. The van der Waals surface area contributed by atoms with Crippen LogP contribution in [0.15, 0.2) is 66.7 Å².